The van der Waals surface area contributed by atoms with Gasteiger partial charge in [-0.15, -0.1) is 0 Å². The van der Waals surface area contributed by atoms with E-state index in [1.807, 2.05) is 91.9 Å². The van der Waals surface area contributed by atoms with E-state index in [4.69, 9.17) is 31.2 Å². The number of aromatic nitrogens is 2. The maximum absolute atomic E-state index is 14.0. The van der Waals surface area contributed by atoms with E-state index in [2.05, 4.69) is 19.9 Å². The van der Waals surface area contributed by atoms with Crippen molar-refractivity contribution in [1.82, 2.24) is 9.66 Å². The Morgan fingerprint density at radius 3 is 2.39 bits per heavy atom. The first-order valence-electron chi connectivity index (χ1n) is 14.5. The Labute approximate surface area is 261 Å². The molecule has 1 aromatic heterocycles. The average molecular weight is 602 g/mol. The first-order valence-corrected chi connectivity index (χ1v) is 14.9. The number of halogens is 1. The predicted molar refractivity (Wildman–Crippen MR) is 180 cm³/mol. The third-order valence-electron chi connectivity index (χ3n) is 7.73. The highest BCUT2D eigenvalue weighted by molar-refractivity contribution is 6.30. The quantitative estimate of drug-likeness (QED) is 0.164. The fourth-order valence-corrected chi connectivity index (χ4v) is 5.49. The SMILES string of the molecule is COc1cc(C)c(-c2nc3ccccc3c(=O)n2N=Cc2c(OCc3ccc(Cl)cc3)ccc3ccccc23)cc1C(C)C. The van der Waals surface area contributed by atoms with Gasteiger partial charge in [0.1, 0.15) is 18.1 Å². The molecule has 0 unspecified atom stereocenters. The molecule has 0 aliphatic heterocycles. The lowest BCUT2D eigenvalue weighted by Crippen LogP contribution is -2.21. The van der Waals surface area contributed by atoms with E-state index in [9.17, 15) is 4.79 Å². The topological polar surface area (TPSA) is 65.7 Å². The zero-order chi connectivity index (χ0) is 30.8. The van der Waals surface area contributed by atoms with Crippen LogP contribution in [0.2, 0.25) is 5.02 Å². The van der Waals surface area contributed by atoms with Gasteiger partial charge >= 0.3 is 0 Å². The second-order valence-corrected chi connectivity index (χ2v) is 11.4. The number of methoxy groups -OCH3 is 1. The number of para-hydroxylation sites is 1. The van der Waals surface area contributed by atoms with Gasteiger partial charge in [-0.1, -0.05) is 80.0 Å². The second-order valence-electron chi connectivity index (χ2n) is 11.0. The van der Waals surface area contributed by atoms with Crippen molar-refractivity contribution in [1.29, 1.82) is 0 Å². The Hall–Kier alpha value is -4.94. The van der Waals surface area contributed by atoms with E-state index in [1.54, 1.807) is 19.4 Å². The van der Waals surface area contributed by atoms with Crippen LogP contribution in [0.5, 0.6) is 11.5 Å². The van der Waals surface area contributed by atoms with E-state index < -0.39 is 0 Å². The molecule has 0 atom stereocenters. The van der Waals surface area contributed by atoms with Crippen LogP contribution in [-0.2, 0) is 6.61 Å². The summed E-state index contributed by atoms with van der Waals surface area (Å²) in [5, 5.41) is 7.97. The average Bonchev–Trinajstić information content (AvgIpc) is 3.04. The summed E-state index contributed by atoms with van der Waals surface area (Å²) in [5.41, 5.74) is 4.86. The standard InChI is InChI=1S/C37H32ClN3O3/c1-23(2)30-20-31(24(3)19-35(30)43-4)36-40-33-12-8-7-11-29(33)37(42)41(36)39-21-32-28-10-6-5-9-26(28)15-18-34(32)44-22-25-13-16-27(38)17-14-25/h5-21,23H,22H2,1-4H3. The number of aryl methyl sites for hydroxylation is 1. The van der Waals surface area contributed by atoms with Gasteiger partial charge in [-0.2, -0.15) is 9.78 Å². The van der Waals surface area contributed by atoms with Crippen molar-refractivity contribution in [3.8, 4) is 22.9 Å². The molecule has 0 radical (unpaired) electrons. The van der Waals surface area contributed by atoms with Gasteiger partial charge in [-0.25, -0.2) is 4.98 Å². The molecule has 0 saturated heterocycles. The normalized spacial score (nSPS) is 11.6. The lowest BCUT2D eigenvalue weighted by molar-refractivity contribution is 0.306. The summed E-state index contributed by atoms with van der Waals surface area (Å²) in [6.45, 7) is 6.57. The number of fused-ring (bicyclic) bond motifs is 2. The zero-order valence-electron chi connectivity index (χ0n) is 25.0. The molecule has 0 fully saturated rings. The minimum Gasteiger partial charge on any atom is -0.496 e. The van der Waals surface area contributed by atoms with Crippen molar-refractivity contribution in [2.75, 3.05) is 7.11 Å². The molecule has 0 aliphatic carbocycles. The maximum Gasteiger partial charge on any atom is 0.282 e. The molecule has 5 aromatic carbocycles. The van der Waals surface area contributed by atoms with Crippen molar-refractivity contribution >= 4 is 39.5 Å². The summed E-state index contributed by atoms with van der Waals surface area (Å²) in [5.74, 6) is 2.10. The Morgan fingerprint density at radius 1 is 0.909 bits per heavy atom. The molecule has 7 heteroatoms. The summed E-state index contributed by atoms with van der Waals surface area (Å²) >= 11 is 6.08. The third-order valence-corrected chi connectivity index (χ3v) is 7.99. The van der Waals surface area contributed by atoms with Crippen molar-refractivity contribution in [3.63, 3.8) is 0 Å². The molecule has 0 saturated carbocycles. The van der Waals surface area contributed by atoms with Crippen molar-refractivity contribution in [3.05, 3.63) is 135 Å². The highest BCUT2D eigenvalue weighted by Gasteiger charge is 2.19. The summed E-state index contributed by atoms with van der Waals surface area (Å²) in [6.07, 6.45) is 1.70. The molecule has 6 rings (SSSR count). The number of hydrogen-bond donors (Lipinski definition) is 0. The number of rotatable bonds is 8. The molecule has 0 aliphatic rings. The fourth-order valence-electron chi connectivity index (χ4n) is 5.36. The zero-order valence-corrected chi connectivity index (χ0v) is 25.8. The van der Waals surface area contributed by atoms with Gasteiger partial charge in [0.25, 0.3) is 5.56 Å². The number of hydrogen-bond acceptors (Lipinski definition) is 5. The minimum absolute atomic E-state index is 0.199. The van der Waals surface area contributed by atoms with Crippen LogP contribution in [0.3, 0.4) is 0 Å². The van der Waals surface area contributed by atoms with Crippen molar-refractivity contribution in [2.24, 2.45) is 5.10 Å². The lowest BCUT2D eigenvalue weighted by atomic mass is 9.96. The van der Waals surface area contributed by atoms with Crippen LogP contribution >= 0.6 is 11.6 Å². The Balaban J connectivity index is 1.53. The second kappa shape index (κ2) is 12.3. The molecule has 0 N–H and O–H groups in total. The first-order chi connectivity index (χ1) is 21.3. The maximum atomic E-state index is 14.0. The van der Waals surface area contributed by atoms with E-state index in [0.717, 1.165) is 44.3 Å². The highest BCUT2D eigenvalue weighted by atomic mass is 35.5. The van der Waals surface area contributed by atoms with Gasteiger partial charge < -0.3 is 9.47 Å². The summed E-state index contributed by atoms with van der Waals surface area (Å²) in [4.78, 5) is 19.0. The molecule has 6 aromatic rings. The van der Waals surface area contributed by atoms with Crippen molar-refractivity contribution in [2.45, 2.75) is 33.3 Å². The Kier molecular flexibility index (Phi) is 8.18. The van der Waals surface area contributed by atoms with Crippen LogP contribution in [0.1, 0.15) is 42.0 Å². The van der Waals surface area contributed by atoms with Crippen LogP contribution in [-0.4, -0.2) is 23.0 Å². The van der Waals surface area contributed by atoms with Gasteiger partial charge in [-0.3, -0.25) is 4.79 Å². The summed E-state index contributed by atoms with van der Waals surface area (Å²) in [6, 6.07) is 30.9. The van der Waals surface area contributed by atoms with Crippen molar-refractivity contribution < 1.29 is 9.47 Å². The van der Waals surface area contributed by atoms with Crippen LogP contribution < -0.4 is 15.0 Å². The largest absolute Gasteiger partial charge is 0.496 e. The van der Waals surface area contributed by atoms with Crippen LogP contribution in [0.4, 0.5) is 0 Å². The van der Waals surface area contributed by atoms with Gasteiger partial charge in [0.15, 0.2) is 5.82 Å². The van der Waals surface area contributed by atoms with Gasteiger partial charge in [0.05, 0.1) is 24.2 Å². The smallest absolute Gasteiger partial charge is 0.282 e. The molecule has 0 amide bonds. The molecule has 0 spiro atoms. The molecule has 6 nitrogen and oxygen atoms in total. The van der Waals surface area contributed by atoms with E-state index in [1.165, 1.54) is 4.68 Å². The van der Waals surface area contributed by atoms with E-state index in [0.29, 0.717) is 34.1 Å². The third kappa shape index (κ3) is 5.69. The Bertz CT molecular complexity index is 2080. The fraction of sp³-hybridized carbons (Fsp3) is 0.162. The molecule has 1 heterocycles. The number of ether oxygens (including phenoxy) is 2. The summed E-state index contributed by atoms with van der Waals surface area (Å²) < 4.78 is 13.4. The number of benzene rings is 5. The monoisotopic (exact) mass is 601 g/mol. The lowest BCUT2D eigenvalue weighted by Gasteiger charge is -2.17. The predicted octanol–water partition coefficient (Wildman–Crippen LogP) is 8.77. The Morgan fingerprint density at radius 2 is 1.64 bits per heavy atom. The van der Waals surface area contributed by atoms with Gasteiger partial charge in [-0.05, 0) is 82.8 Å². The minimum atomic E-state index is -0.257. The van der Waals surface area contributed by atoms with E-state index >= 15 is 0 Å². The van der Waals surface area contributed by atoms with E-state index in [-0.39, 0.29) is 11.5 Å². The van der Waals surface area contributed by atoms with Crippen LogP contribution in [0.25, 0.3) is 33.1 Å². The van der Waals surface area contributed by atoms with Crippen LogP contribution in [0.15, 0.2) is 107 Å². The highest BCUT2D eigenvalue weighted by Crippen LogP contribution is 2.34. The van der Waals surface area contributed by atoms with Gasteiger partial charge in [0.2, 0.25) is 0 Å². The number of nitrogens with zero attached hydrogens (tertiary/aromatic N) is 3. The van der Waals surface area contributed by atoms with Crippen LogP contribution in [0, 0.1) is 6.92 Å². The van der Waals surface area contributed by atoms with Gasteiger partial charge in [0, 0.05) is 16.1 Å². The molecule has 0 bridgehead atoms. The summed E-state index contributed by atoms with van der Waals surface area (Å²) in [7, 11) is 1.67. The molecule has 220 valence electrons. The molecule has 44 heavy (non-hydrogen) atoms. The molecular formula is C37H32ClN3O3. The molecular weight excluding hydrogens is 570 g/mol. The first kappa shape index (κ1) is 29.1.